The minimum absolute atomic E-state index is 0.107. The molecule has 0 amide bonds. The molecule has 0 aromatic heterocycles. The van der Waals surface area contributed by atoms with Gasteiger partial charge in [0, 0.05) is 28.6 Å². The molecule has 7 nitrogen and oxygen atoms in total. The first kappa shape index (κ1) is 49.5. The number of benzene rings is 3. The molecule has 0 saturated carbocycles. The second-order valence-electron chi connectivity index (χ2n) is 18.4. The van der Waals surface area contributed by atoms with Crippen LogP contribution in [0.5, 0.6) is 17.2 Å². The third-order valence-corrected chi connectivity index (χ3v) is 11.8. The van der Waals surface area contributed by atoms with Gasteiger partial charge in [0.2, 0.25) is 0 Å². The minimum Gasteiger partial charge on any atom is -0.487 e. The standard InChI is InChI=1S/C31H52O3.C20H21ClO4/c1-21(2)13-10-14-22(3)15-11-16-23(4)17-12-19-31(9)20-18-28-26(7)29(33-27(8)32)24(5)25(6)30(28)34-31;1-13(2)24-19(23)20(3,4)25-17-11-7-15(8-12-17)18(22)14-5-9-16(21)10-6-14/h21-23H,10-20H2,1-9H3;5-13H,1-4H3/t22-,23-,31-;/m1./s1. The third-order valence-electron chi connectivity index (χ3n) is 11.5. The van der Waals surface area contributed by atoms with Crippen LogP contribution in [0.1, 0.15) is 172 Å². The first-order valence-corrected chi connectivity index (χ1v) is 22.3. The van der Waals surface area contributed by atoms with E-state index in [1.807, 2.05) is 6.92 Å². The fourth-order valence-corrected chi connectivity index (χ4v) is 7.82. The molecule has 0 fully saturated rings. The van der Waals surface area contributed by atoms with Gasteiger partial charge in [-0.2, -0.15) is 0 Å². The lowest BCUT2D eigenvalue weighted by Gasteiger charge is -2.38. The van der Waals surface area contributed by atoms with Gasteiger partial charge in [-0.3, -0.25) is 9.59 Å². The number of carbonyl (C=O) groups excluding carboxylic acids is 3. The number of ketones is 1. The summed E-state index contributed by atoms with van der Waals surface area (Å²) < 4.78 is 23.1. The maximum absolute atomic E-state index is 12.4. The summed E-state index contributed by atoms with van der Waals surface area (Å²) >= 11 is 5.84. The quantitative estimate of drug-likeness (QED) is 0.0675. The van der Waals surface area contributed by atoms with Crippen LogP contribution in [0.25, 0.3) is 0 Å². The van der Waals surface area contributed by atoms with E-state index in [1.54, 1.807) is 76.2 Å². The van der Waals surface area contributed by atoms with Crippen molar-refractivity contribution < 1.29 is 33.3 Å². The summed E-state index contributed by atoms with van der Waals surface area (Å²) in [7, 11) is 0. The van der Waals surface area contributed by atoms with Crippen molar-refractivity contribution in [1.29, 1.82) is 0 Å². The molecule has 0 bridgehead atoms. The van der Waals surface area contributed by atoms with Crippen molar-refractivity contribution in [2.45, 2.75) is 178 Å². The van der Waals surface area contributed by atoms with Gasteiger partial charge >= 0.3 is 11.9 Å². The van der Waals surface area contributed by atoms with Crippen LogP contribution in [0.3, 0.4) is 0 Å². The Kier molecular flexibility index (Phi) is 19.0. The Bertz CT molecular complexity index is 1830. The number of fused-ring (bicyclic) bond motifs is 1. The van der Waals surface area contributed by atoms with E-state index < -0.39 is 11.6 Å². The van der Waals surface area contributed by atoms with Gasteiger partial charge in [-0.05, 0) is 164 Å². The fraction of sp³-hybridized carbons (Fsp3) is 0.588. The Morgan fingerprint density at radius 1 is 0.763 bits per heavy atom. The largest absolute Gasteiger partial charge is 0.487 e. The van der Waals surface area contributed by atoms with Crippen molar-refractivity contribution in [3.63, 3.8) is 0 Å². The lowest BCUT2D eigenvalue weighted by molar-refractivity contribution is -0.163. The molecule has 3 aromatic rings. The summed E-state index contributed by atoms with van der Waals surface area (Å²) in [6.07, 6.45) is 13.7. The smallest absolute Gasteiger partial charge is 0.350 e. The first-order chi connectivity index (χ1) is 27.6. The summed E-state index contributed by atoms with van der Waals surface area (Å²) in [6, 6.07) is 13.4. The molecule has 3 aromatic carbocycles. The van der Waals surface area contributed by atoms with Gasteiger partial charge < -0.3 is 18.9 Å². The highest BCUT2D eigenvalue weighted by atomic mass is 35.5. The lowest BCUT2D eigenvalue weighted by atomic mass is 9.83. The van der Waals surface area contributed by atoms with Crippen molar-refractivity contribution in [2.24, 2.45) is 17.8 Å². The molecule has 0 N–H and O–H groups in total. The summed E-state index contributed by atoms with van der Waals surface area (Å²) in [5.41, 5.74) is 4.25. The highest BCUT2D eigenvalue weighted by Crippen LogP contribution is 2.45. The predicted octanol–water partition coefficient (Wildman–Crippen LogP) is 13.7. The van der Waals surface area contributed by atoms with E-state index in [9.17, 15) is 14.4 Å². The van der Waals surface area contributed by atoms with Gasteiger partial charge in [-0.25, -0.2) is 4.79 Å². The summed E-state index contributed by atoms with van der Waals surface area (Å²) in [6.45, 7) is 26.3. The molecule has 1 heterocycles. The predicted molar refractivity (Wildman–Crippen MR) is 241 cm³/mol. The minimum atomic E-state index is -1.12. The molecule has 3 atom stereocenters. The molecule has 59 heavy (non-hydrogen) atoms. The van der Waals surface area contributed by atoms with Crippen molar-refractivity contribution in [1.82, 2.24) is 0 Å². The number of halogens is 1. The maximum Gasteiger partial charge on any atom is 0.350 e. The number of rotatable bonds is 19. The van der Waals surface area contributed by atoms with Crippen LogP contribution in [0, 0.1) is 38.5 Å². The molecule has 0 saturated heterocycles. The Morgan fingerprint density at radius 2 is 1.29 bits per heavy atom. The highest BCUT2D eigenvalue weighted by Gasteiger charge is 2.35. The third kappa shape index (κ3) is 15.6. The van der Waals surface area contributed by atoms with Gasteiger partial charge in [0.25, 0.3) is 0 Å². The van der Waals surface area contributed by atoms with Gasteiger partial charge in [0.05, 0.1) is 6.10 Å². The number of hydrogen-bond acceptors (Lipinski definition) is 7. The first-order valence-electron chi connectivity index (χ1n) is 21.9. The SMILES string of the molecule is CC(=O)Oc1c(C)c(C)c2c(c1C)CC[C@@](C)(CCC[C@H](C)CCC[C@H](C)CCCC(C)C)O2.CC(C)OC(=O)C(C)(C)Oc1ccc(C(=O)c2ccc(Cl)cc2)cc1. The summed E-state index contributed by atoms with van der Waals surface area (Å²) in [5, 5.41) is 0.579. The van der Waals surface area contributed by atoms with Crippen molar-refractivity contribution in [3.05, 3.63) is 86.9 Å². The molecule has 0 unspecified atom stereocenters. The van der Waals surface area contributed by atoms with Crippen LogP contribution in [0.4, 0.5) is 0 Å². The number of esters is 2. The summed E-state index contributed by atoms with van der Waals surface area (Å²) in [5.74, 6) is 3.92. The molecule has 1 aliphatic heterocycles. The van der Waals surface area contributed by atoms with E-state index in [2.05, 4.69) is 48.5 Å². The molecule has 326 valence electrons. The van der Waals surface area contributed by atoms with Crippen LogP contribution >= 0.6 is 11.6 Å². The zero-order valence-corrected chi connectivity index (χ0v) is 39.2. The zero-order chi connectivity index (χ0) is 44.1. The monoisotopic (exact) mass is 833 g/mol. The van der Waals surface area contributed by atoms with Crippen LogP contribution < -0.4 is 14.2 Å². The van der Waals surface area contributed by atoms with Crippen LogP contribution in [0.15, 0.2) is 48.5 Å². The van der Waals surface area contributed by atoms with Crippen LogP contribution in [0.2, 0.25) is 5.02 Å². The molecule has 0 radical (unpaired) electrons. The molecule has 1 aliphatic rings. The van der Waals surface area contributed by atoms with E-state index in [4.69, 9.17) is 30.5 Å². The Labute approximate surface area is 361 Å². The second kappa shape index (κ2) is 22.7. The molecule has 0 spiro atoms. The van der Waals surface area contributed by atoms with Crippen molar-refractivity contribution in [2.75, 3.05) is 0 Å². The van der Waals surface area contributed by atoms with E-state index in [1.165, 1.54) is 63.9 Å². The fourth-order valence-electron chi connectivity index (χ4n) is 7.69. The Balaban J connectivity index is 0.000000330. The average Bonchev–Trinajstić information content (AvgIpc) is 3.15. The molecule has 8 heteroatoms. The van der Waals surface area contributed by atoms with Crippen LogP contribution in [-0.2, 0) is 20.7 Å². The average molecular weight is 834 g/mol. The van der Waals surface area contributed by atoms with Crippen LogP contribution in [-0.4, -0.2) is 35.0 Å². The number of ether oxygens (including phenoxy) is 4. The van der Waals surface area contributed by atoms with Crippen molar-refractivity contribution >= 4 is 29.3 Å². The van der Waals surface area contributed by atoms with Crippen molar-refractivity contribution in [3.8, 4) is 17.2 Å². The van der Waals surface area contributed by atoms with Gasteiger partial charge in [-0.1, -0.05) is 84.2 Å². The molecule has 4 rings (SSSR count). The van der Waals surface area contributed by atoms with Gasteiger partial charge in [0.1, 0.15) is 22.8 Å². The molecule has 0 aliphatic carbocycles. The molecular weight excluding hydrogens is 760 g/mol. The van der Waals surface area contributed by atoms with E-state index >= 15 is 0 Å². The zero-order valence-electron chi connectivity index (χ0n) is 38.4. The highest BCUT2D eigenvalue weighted by molar-refractivity contribution is 6.30. The Hall–Kier alpha value is -3.84. The number of hydrogen-bond donors (Lipinski definition) is 0. The second-order valence-corrected chi connectivity index (χ2v) is 18.9. The number of carbonyl (C=O) groups is 3. The Morgan fingerprint density at radius 3 is 1.81 bits per heavy atom. The topological polar surface area (TPSA) is 88.1 Å². The van der Waals surface area contributed by atoms with E-state index in [0.717, 1.165) is 65.2 Å². The molecular formula is C51H73ClO7. The van der Waals surface area contributed by atoms with E-state index in [0.29, 0.717) is 21.9 Å². The summed E-state index contributed by atoms with van der Waals surface area (Å²) in [4.78, 5) is 36.1. The van der Waals surface area contributed by atoms with Gasteiger partial charge in [-0.15, -0.1) is 0 Å². The van der Waals surface area contributed by atoms with E-state index in [-0.39, 0.29) is 23.5 Å². The normalized spacial score (nSPS) is 16.0. The van der Waals surface area contributed by atoms with Gasteiger partial charge in [0.15, 0.2) is 11.4 Å². The maximum atomic E-state index is 12.4. The lowest BCUT2D eigenvalue weighted by Crippen LogP contribution is -2.40.